The van der Waals surface area contributed by atoms with Crippen LogP contribution in [0.1, 0.15) is 41.8 Å². The molecule has 4 aromatic rings. The van der Waals surface area contributed by atoms with Gasteiger partial charge in [-0.3, -0.25) is 4.79 Å². The van der Waals surface area contributed by atoms with Crippen molar-refractivity contribution >= 4 is 34.0 Å². The summed E-state index contributed by atoms with van der Waals surface area (Å²) in [4.78, 5) is 27.3. The minimum absolute atomic E-state index is 0.0300. The number of hydrogen-bond acceptors (Lipinski definition) is 5. The summed E-state index contributed by atoms with van der Waals surface area (Å²) in [5.41, 5.74) is 3.68. The maximum atomic E-state index is 13.2. The van der Waals surface area contributed by atoms with Gasteiger partial charge in [0.25, 0.3) is 5.91 Å². The van der Waals surface area contributed by atoms with Crippen molar-refractivity contribution in [3.63, 3.8) is 0 Å². The van der Waals surface area contributed by atoms with Crippen LogP contribution < -0.4 is 4.74 Å². The van der Waals surface area contributed by atoms with E-state index in [1.165, 1.54) is 0 Å². The van der Waals surface area contributed by atoms with Gasteiger partial charge in [0, 0.05) is 37.1 Å². The molecule has 1 N–H and O–H groups in total. The lowest BCUT2D eigenvalue weighted by Crippen LogP contribution is -2.26. The molecule has 0 fully saturated rings. The van der Waals surface area contributed by atoms with E-state index in [2.05, 4.69) is 18.4 Å². The number of rotatable bonds is 12. The topological polar surface area (TPSA) is 76.1 Å². The minimum Gasteiger partial charge on any atom is -0.494 e. The Morgan fingerprint density at radius 3 is 2.39 bits per heavy atom. The Morgan fingerprint density at radius 1 is 0.947 bits per heavy atom. The third-order valence-corrected chi connectivity index (χ3v) is 7.28. The maximum absolute atomic E-state index is 13.2. The third-order valence-electron chi connectivity index (χ3n) is 6.25. The molecule has 0 aliphatic heterocycles. The standard InChI is InChI=1S/C31H33NO5S/c1-4-14-37-27-13-12-24-17-26(11-10-25(24)18-27)30(33)32(3)19-22-16-29(38-20-22)23-8-6-21(7-9-23)15-28(31(34)35)36-5-2/h6-13,16-18,20,28H,4-5,14-15,19H2,1-3H3,(H,34,35). The summed E-state index contributed by atoms with van der Waals surface area (Å²) < 4.78 is 11.0. The number of carboxylic acid groups (broad SMARTS) is 1. The summed E-state index contributed by atoms with van der Waals surface area (Å²) in [6.07, 6.45) is 0.445. The minimum atomic E-state index is -0.952. The van der Waals surface area contributed by atoms with Gasteiger partial charge in [-0.05, 0) is 76.5 Å². The zero-order valence-electron chi connectivity index (χ0n) is 22.0. The van der Waals surface area contributed by atoms with Crippen molar-refractivity contribution in [3.8, 4) is 16.2 Å². The first kappa shape index (κ1) is 27.4. The van der Waals surface area contributed by atoms with E-state index in [9.17, 15) is 14.7 Å². The van der Waals surface area contributed by atoms with Gasteiger partial charge in [0.15, 0.2) is 6.10 Å². The molecule has 0 spiro atoms. The van der Waals surface area contributed by atoms with Gasteiger partial charge < -0.3 is 19.5 Å². The molecule has 6 nitrogen and oxygen atoms in total. The number of ether oxygens (including phenoxy) is 2. The second-order valence-electron chi connectivity index (χ2n) is 9.24. The Morgan fingerprint density at radius 2 is 1.68 bits per heavy atom. The smallest absolute Gasteiger partial charge is 0.333 e. The quantitative estimate of drug-likeness (QED) is 0.221. The lowest BCUT2D eigenvalue weighted by atomic mass is 10.0. The van der Waals surface area contributed by atoms with Crippen molar-refractivity contribution in [1.29, 1.82) is 0 Å². The van der Waals surface area contributed by atoms with E-state index in [1.54, 1.807) is 23.2 Å². The molecule has 0 radical (unpaired) electrons. The lowest BCUT2D eigenvalue weighted by Gasteiger charge is -2.17. The number of nitrogens with zero attached hydrogens (tertiary/aromatic N) is 1. The molecular formula is C31H33NO5S. The Balaban J connectivity index is 1.39. The zero-order chi connectivity index (χ0) is 27.1. The number of amides is 1. The van der Waals surface area contributed by atoms with Crippen molar-refractivity contribution in [2.75, 3.05) is 20.3 Å². The molecule has 0 saturated carbocycles. The van der Waals surface area contributed by atoms with E-state index < -0.39 is 12.1 Å². The fraction of sp³-hybridized carbons (Fsp3) is 0.290. The predicted octanol–water partition coefficient (Wildman–Crippen LogP) is 6.66. The van der Waals surface area contributed by atoms with Crippen LogP contribution in [0, 0.1) is 0 Å². The number of carboxylic acids is 1. The summed E-state index contributed by atoms with van der Waals surface area (Å²) in [5, 5.41) is 13.4. The van der Waals surface area contributed by atoms with Gasteiger partial charge >= 0.3 is 5.97 Å². The summed E-state index contributed by atoms with van der Waals surface area (Å²) in [6, 6.07) is 21.7. The molecule has 38 heavy (non-hydrogen) atoms. The molecule has 7 heteroatoms. The normalized spacial score (nSPS) is 11.9. The average Bonchev–Trinajstić information content (AvgIpc) is 3.39. The van der Waals surface area contributed by atoms with Crippen LogP contribution in [0.25, 0.3) is 21.2 Å². The van der Waals surface area contributed by atoms with E-state index in [1.807, 2.05) is 67.7 Å². The summed E-state index contributed by atoms with van der Waals surface area (Å²) >= 11 is 1.63. The molecule has 1 amide bonds. The number of aliphatic carboxylic acids is 1. The van der Waals surface area contributed by atoms with E-state index in [0.29, 0.717) is 31.7 Å². The lowest BCUT2D eigenvalue weighted by molar-refractivity contribution is -0.149. The van der Waals surface area contributed by atoms with Crippen LogP contribution >= 0.6 is 11.3 Å². The van der Waals surface area contributed by atoms with Crippen molar-refractivity contribution in [2.24, 2.45) is 0 Å². The fourth-order valence-electron chi connectivity index (χ4n) is 4.28. The number of thiophene rings is 1. The molecule has 1 unspecified atom stereocenters. The highest BCUT2D eigenvalue weighted by atomic mass is 32.1. The van der Waals surface area contributed by atoms with Crippen LogP contribution in [-0.2, 0) is 22.5 Å². The molecular weight excluding hydrogens is 498 g/mol. The molecule has 1 heterocycles. The Hall–Kier alpha value is -3.68. The molecule has 4 rings (SSSR count). The average molecular weight is 532 g/mol. The predicted molar refractivity (Wildman–Crippen MR) is 152 cm³/mol. The van der Waals surface area contributed by atoms with E-state index >= 15 is 0 Å². The number of benzene rings is 3. The fourth-order valence-corrected chi connectivity index (χ4v) is 5.19. The van der Waals surface area contributed by atoms with Crippen LogP contribution in [0.15, 0.2) is 72.1 Å². The summed E-state index contributed by atoms with van der Waals surface area (Å²) in [7, 11) is 1.82. The Kier molecular flexibility index (Phi) is 9.15. The number of hydrogen-bond donors (Lipinski definition) is 1. The van der Waals surface area contributed by atoms with Crippen LogP contribution in [0.3, 0.4) is 0 Å². The third kappa shape index (κ3) is 6.79. The van der Waals surface area contributed by atoms with Crippen LogP contribution in [-0.4, -0.2) is 48.2 Å². The first-order valence-corrected chi connectivity index (χ1v) is 13.7. The second-order valence-corrected chi connectivity index (χ2v) is 10.1. The van der Waals surface area contributed by atoms with Gasteiger partial charge in [0.2, 0.25) is 0 Å². The highest BCUT2D eigenvalue weighted by molar-refractivity contribution is 7.13. The van der Waals surface area contributed by atoms with Crippen molar-refractivity contribution in [1.82, 2.24) is 4.90 Å². The number of carbonyl (C=O) groups is 2. The largest absolute Gasteiger partial charge is 0.494 e. The Labute approximate surface area is 227 Å². The monoisotopic (exact) mass is 531 g/mol. The Bertz CT molecular complexity index is 1400. The van der Waals surface area contributed by atoms with Crippen LogP contribution in [0.5, 0.6) is 5.75 Å². The van der Waals surface area contributed by atoms with Crippen LogP contribution in [0.4, 0.5) is 0 Å². The van der Waals surface area contributed by atoms with Crippen LogP contribution in [0.2, 0.25) is 0 Å². The summed E-state index contributed by atoms with van der Waals surface area (Å²) in [5.74, 6) is -0.140. The first-order valence-electron chi connectivity index (χ1n) is 12.8. The molecule has 1 atom stereocenters. The number of carbonyl (C=O) groups excluding carboxylic acids is 1. The molecule has 3 aromatic carbocycles. The maximum Gasteiger partial charge on any atom is 0.333 e. The number of fused-ring (bicyclic) bond motifs is 1. The molecule has 0 saturated heterocycles. The SMILES string of the molecule is CCCOc1ccc2cc(C(=O)N(C)Cc3csc(-c4ccc(CC(OCC)C(=O)O)cc4)c3)ccc2c1. The van der Waals surface area contributed by atoms with Crippen molar-refractivity contribution in [3.05, 3.63) is 88.8 Å². The van der Waals surface area contributed by atoms with Crippen molar-refractivity contribution in [2.45, 2.75) is 39.3 Å². The highest BCUT2D eigenvalue weighted by Gasteiger charge is 2.18. The van der Waals surface area contributed by atoms with Crippen molar-refractivity contribution < 1.29 is 24.2 Å². The van der Waals surface area contributed by atoms with E-state index in [-0.39, 0.29) is 5.91 Å². The molecule has 0 aliphatic rings. The first-order chi connectivity index (χ1) is 18.4. The van der Waals surface area contributed by atoms with E-state index in [0.717, 1.165) is 44.5 Å². The van der Waals surface area contributed by atoms with Gasteiger partial charge in [0.05, 0.1) is 6.61 Å². The second kappa shape index (κ2) is 12.7. The molecule has 198 valence electrons. The zero-order valence-corrected chi connectivity index (χ0v) is 22.8. The van der Waals surface area contributed by atoms with Gasteiger partial charge in [-0.2, -0.15) is 0 Å². The molecule has 0 bridgehead atoms. The van der Waals surface area contributed by atoms with Gasteiger partial charge in [-0.15, -0.1) is 11.3 Å². The summed E-state index contributed by atoms with van der Waals surface area (Å²) in [6.45, 7) is 5.42. The van der Waals surface area contributed by atoms with Gasteiger partial charge in [-0.1, -0.05) is 43.3 Å². The van der Waals surface area contributed by atoms with Gasteiger partial charge in [-0.25, -0.2) is 4.79 Å². The molecule has 1 aromatic heterocycles. The molecule has 0 aliphatic carbocycles. The van der Waals surface area contributed by atoms with E-state index in [4.69, 9.17) is 9.47 Å². The highest BCUT2D eigenvalue weighted by Crippen LogP contribution is 2.29. The van der Waals surface area contributed by atoms with Gasteiger partial charge in [0.1, 0.15) is 5.75 Å².